The van der Waals surface area contributed by atoms with E-state index in [0.717, 1.165) is 32.5 Å². The van der Waals surface area contributed by atoms with Gasteiger partial charge in [0.25, 0.3) is 0 Å². The van der Waals surface area contributed by atoms with Crippen molar-refractivity contribution >= 4 is 17.2 Å². The number of likely N-dealkylation sites (N-methyl/N-ethyl adjacent to an activating group) is 1. The van der Waals surface area contributed by atoms with Gasteiger partial charge in [0.1, 0.15) is 0 Å². The molecule has 16 heavy (non-hydrogen) atoms. The number of hydrogen-bond acceptors (Lipinski definition) is 3. The number of carbonyl (C=O) groups is 1. The third-order valence-corrected chi connectivity index (χ3v) is 4.00. The highest BCUT2D eigenvalue weighted by Crippen LogP contribution is 2.13. The minimum Gasteiger partial charge on any atom is -0.345 e. The van der Waals surface area contributed by atoms with Crippen molar-refractivity contribution in [2.75, 3.05) is 26.7 Å². The van der Waals surface area contributed by atoms with E-state index in [1.54, 1.807) is 11.3 Å². The number of nitrogens with zero attached hydrogens (tertiary/aromatic N) is 1. The van der Waals surface area contributed by atoms with Gasteiger partial charge in [-0.1, -0.05) is 6.07 Å². The van der Waals surface area contributed by atoms with E-state index in [4.69, 9.17) is 0 Å². The Balaban J connectivity index is 1.78. The third kappa shape index (κ3) is 2.83. The maximum Gasteiger partial charge on any atom is 0.226 e. The maximum absolute atomic E-state index is 12.0. The third-order valence-electron chi connectivity index (χ3n) is 3.06. The van der Waals surface area contributed by atoms with Crippen LogP contribution in [0.4, 0.5) is 0 Å². The zero-order valence-corrected chi connectivity index (χ0v) is 10.4. The van der Waals surface area contributed by atoms with Gasteiger partial charge < -0.3 is 10.2 Å². The fourth-order valence-corrected chi connectivity index (χ4v) is 2.72. The zero-order valence-electron chi connectivity index (χ0n) is 9.61. The first kappa shape index (κ1) is 11.6. The largest absolute Gasteiger partial charge is 0.345 e. The summed E-state index contributed by atoms with van der Waals surface area (Å²) in [6.07, 6.45) is 1.96. The lowest BCUT2D eigenvalue weighted by atomic mass is 10.1. The Bertz CT molecular complexity index is 331. The SMILES string of the molecule is CN(CCc1cccs1)C(=O)C1CCNC1. The van der Waals surface area contributed by atoms with Crippen molar-refractivity contribution < 1.29 is 4.79 Å². The average Bonchev–Trinajstić information content (AvgIpc) is 2.96. The number of thiophene rings is 1. The van der Waals surface area contributed by atoms with E-state index in [-0.39, 0.29) is 5.92 Å². The quantitative estimate of drug-likeness (QED) is 0.859. The second-order valence-electron chi connectivity index (χ2n) is 4.28. The molecule has 1 saturated heterocycles. The van der Waals surface area contributed by atoms with Crippen LogP contribution >= 0.6 is 11.3 Å². The molecule has 0 aliphatic carbocycles. The van der Waals surface area contributed by atoms with E-state index in [2.05, 4.69) is 22.8 Å². The lowest BCUT2D eigenvalue weighted by Crippen LogP contribution is -2.35. The molecule has 0 aromatic carbocycles. The van der Waals surface area contributed by atoms with Crippen molar-refractivity contribution in [1.29, 1.82) is 0 Å². The van der Waals surface area contributed by atoms with Gasteiger partial charge in [0.2, 0.25) is 5.91 Å². The summed E-state index contributed by atoms with van der Waals surface area (Å²) >= 11 is 1.76. The molecule has 4 heteroatoms. The highest BCUT2D eigenvalue weighted by atomic mass is 32.1. The summed E-state index contributed by atoms with van der Waals surface area (Å²) in [7, 11) is 1.91. The second kappa shape index (κ2) is 5.46. The monoisotopic (exact) mass is 238 g/mol. The molecule has 1 aliphatic rings. The fraction of sp³-hybridized carbons (Fsp3) is 0.583. The van der Waals surface area contributed by atoms with E-state index in [9.17, 15) is 4.79 Å². The van der Waals surface area contributed by atoms with Gasteiger partial charge in [-0.2, -0.15) is 0 Å². The Morgan fingerprint density at radius 2 is 2.56 bits per heavy atom. The predicted octanol–water partition coefficient (Wildman–Crippen LogP) is 1.36. The minimum absolute atomic E-state index is 0.202. The molecule has 1 unspecified atom stereocenters. The van der Waals surface area contributed by atoms with Crippen LogP contribution in [0.5, 0.6) is 0 Å². The van der Waals surface area contributed by atoms with Gasteiger partial charge in [-0.05, 0) is 30.8 Å². The average molecular weight is 238 g/mol. The van der Waals surface area contributed by atoms with Gasteiger partial charge in [0.05, 0.1) is 5.92 Å². The molecule has 1 fully saturated rings. The van der Waals surface area contributed by atoms with E-state index >= 15 is 0 Å². The van der Waals surface area contributed by atoms with E-state index < -0.39 is 0 Å². The van der Waals surface area contributed by atoms with Crippen molar-refractivity contribution in [3.05, 3.63) is 22.4 Å². The van der Waals surface area contributed by atoms with E-state index in [1.165, 1.54) is 4.88 Å². The zero-order chi connectivity index (χ0) is 11.4. The minimum atomic E-state index is 0.202. The Labute approximate surface area is 100 Å². The number of amides is 1. The van der Waals surface area contributed by atoms with Crippen LogP contribution in [0.15, 0.2) is 17.5 Å². The number of rotatable bonds is 4. The Hall–Kier alpha value is -0.870. The summed E-state index contributed by atoms with van der Waals surface area (Å²) in [5.41, 5.74) is 0. The molecule has 2 rings (SSSR count). The molecular weight excluding hydrogens is 220 g/mol. The molecule has 1 N–H and O–H groups in total. The normalized spacial score (nSPS) is 19.9. The first-order valence-corrected chi connectivity index (χ1v) is 6.63. The molecule has 1 amide bonds. The van der Waals surface area contributed by atoms with Crippen LogP contribution in [0.3, 0.4) is 0 Å². The van der Waals surface area contributed by atoms with Crippen LogP contribution in [-0.2, 0) is 11.2 Å². The van der Waals surface area contributed by atoms with Gasteiger partial charge in [-0.15, -0.1) is 11.3 Å². The molecule has 1 aromatic heterocycles. The highest BCUT2D eigenvalue weighted by Gasteiger charge is 2.24. The molecule has 3 nitrogen and oxygen atoms in total. The van der Waals surface area contributed by atoms with Crippen LogP contribution in [0, 0.1) is 5.92 Å². The fourth-order valence-electron chi connectivity index (χ4n) is 2.02. The van der Waals surface area contributed by atoms with Crippen molar-refractivity contribution in [2.24, 2.45) is 5.92 Å². The second-order valence-corrected chi connectivity index (χ2v) is 5.31. The van der Waals surface area contributed by atoms with Crippen molar-refractivity contribution in [2.45, 2.75) is 12.8 Å². The molecule has 1 aliphatic heterocycles. The summed E-state index contributed by atoms with van der Waals surface area (Å²) in [5.74, 6) is 0.495. The molecule has 0 spiro atoms. The highest BCUT2D eigenvalue weighted by molar-refractivity contribution is 7.09. The van der Waals surface area contributed by atoms with Gasteiger partial charge >= 0.3 is 0 Å². The molecule has 0 bridgehead atoms. The van der Waals surface area contributed by atoms with Crippen LogP contribution < -0.4 is 5.32 Å². The Kier molecular flexibility index (Phi) is 3.96. The van der Waals surface area contributed by atoms with Crippen LogP contribution in [0.25, 0.3) is 0 Å². The molecule has 0 saturated carbocycles. The lowest BCUT2D eigenvalue weighted by Gasteiger charge is -2.20. The maximum atomic E-state index is 12.0. The number of carbonyl (C=O) groups excluding carboxylic acids is 1. The Morgan fingerprint density at radius 1 is 1.69 bits per heavy atom. The van der Waals surface area contributed by atoms with Gasteiger partial charge in [-0.3, -0.25) is 4.79 Å². The summed E-state index contributed by atoms with van der Waals surface area (Å²) < 4.78 is 0. The molecule has 1 aromatic rings. The first-order chi connectivity index (χ1) is 7.77. The standard InChI is InChI=1S/C12H18N2OS/c1-14(7-5-11-3-2-8-16-11)12(15)10-4-6-13-9-10/h2-3,8,10,13H,4-7,9H2,1H3. The Morgan fingerprint density at radius 3 is 3.19 bits per heavy atom. The molecule has 88 valence electrons. The predicted molar refractivity (Wildman–Crippen MR) is 66.6 cm³/mol. The van der Waals surface area contributed by atoms with Crippen LogP contribution in [0.2, 0.25) is 0 Å². The number of hydrogen-bond donors (Lipinski definition) is 1. The van der Waals surface area contributed by atoms with Crippen molar-refractivity contribution in [3.8, 4) is 0 Å². The van der Waals surface area contributed by atoms with Crippen LogP contribution in [-0.4, -0.2) is 37.5 Å². The van der Waals surface area contributed by atoms with Gasteiger partial charge in [-0.25, -0.2) is 0 Å². The molecular formula is C12H18N2OS. The lowest BCUT2D eigenvalue weighted by molar-refractivity contribution is -0.133. The smallest absolute Gasteiger partial charge is 0.226 e. The van der Waals surface area contributed by atoms with E-state index in [0.29, 0.717) is 5.91 Å². The summed E-state index contributed by atoms with van der Waals surface area (Å²) in [6, 6.07) is 4.18. The summed E-state index contributed by atoms with van der Waals surface area (Å²) in [5, 5.41) is 5.31. The first-order valence-electron chi connectivity index (χ1n) is 5.75. The summed E-state index contributed by atoms with van der Waals surface area (Å²) in [4.78, 5) is 15.2. The van der Waals surface area contributed by atoms with Crippen LogP contribution in [0.1, 0.15) is 11.3 Å². The van der Waals surface area contributed by atoms with Gasteiger partial charge in [0.15, 0.2) is 0 Å². The number of nitrogens with one attached hydrogen (secondary N) is 1. The van der Waals surface area contributed by atoms with Crippen molar-refractivity contribution in [3.63, 3.8) is 0 Å². The molecule has 1 atom stereocenters. The van der Waals surface area contributed by atoms with E-state index in [1.807, 2.05) is 11.9 Å². The molecule has 0 radical (unpaired) electrons. The molecule has 2 heterocycles. The summed E-state index contributed by atoms with van der Waals surface area (Å²) in [6.45, 7) is 2.66. The van der Waals surface area contributed by atoms with Gasteiger partial charge in [0, 0.05) is 25.0 Å². The van der Waals surface area contributed by atoms with Crippen molar-refractivity contribution in [1.82, 2.24) is 10.2 Å². The topological polar surface area (TPSA) is 32.3 Å².